The lowest BCUT2D eigenvalue weighted by Gasteiger charge is -2.14. The lowest BCUT2D eigenvalue weighted by atomic mass is 10.1. The van der Waals surface area contributed by atoms with Crippen LogP contribution in [-0.4, -0.2) is 9.78 Å². The summed E-state index contributed by atoms with van der Waals surface area (Å²) in [6.45, 7) is 6.92. The second-order valence-electron chi connectivity index (χ2n) is 5.67. The Hall–Kier alpha value is -2.14. The van der Waals surface area contributed by atoms with Crippen LogP contribution in [0, 0.1) is 12.8 Å². The van der Waals surface area contributed by atoms with Gasteiger partial charge in [0.2, 0.25) is 0 Å². The van der Waals surface area contributed by atoms with Gasteiger partial charge < -0.3 is 11.5 Å². The standard InChI is InChI=1S/C16H22N4O/c1-10(2)9-20-16(21)11(3)14(18)15(19-20)13-6-4-12(8-17)5-7-13/h4-7,10H,8-9,17-18H2,1-3H3. The minimum Gasteiger partial charge on any atom is -0.397 e. The molecule has 112 valence electrons. The first-order valence-electron chi connectivity index (χ1n) is 7.10. The van der Waals surface area contributed by atoms with Crippen LogP contribution in [0.3, 0.4) is 0 Å². The largest absolute Gasteiger partial charge is 0.397 e. The number of nitrogens with zero attached hydrogens (tertiary/aromatic N) is 2. The number of nitrogen functional groups attached to an aromatic ring is 1. The van der Waals surface area contributed by atoms with E-state index < -0.39 is 0 Å². The van der Waals surface area contributed by atoms with Gasteiger partial charge in [-0.1, -0.05) is 38.1 Å². The summed E-state index contributed by atoms with van der Waals surface area (Å²) >= 11 is 0. The summed E-state index contributed by atoms with van der Waals surface area (Å²) in [5.74, 6) is 0.339. The highest BCUT2D eigenvalue weighted by atomic mass is 16.1. The minimum atomic E-state index is -0.122. The van der Waals surface area contributed by atoms with Crippen LogP contribution >= 0.6 is 0 Å². The SMILES string of the molecule is Cc1c(N)c(-c2ccc(CN)cc2)nn(CC(C)C)c1=O. The molecule has 21 heavy (non-hydrogen) atoms. The van der Waals surface area contributed by atoms with E-state index in [-0.39, 0.29) is 5.56 Å². The summed E-state index contributed by atoms with van der Waals surface area (Å²) in [6.07, 6.45) is 0. The second-order valence-corrected chi connectivity index (χ2v) is 5.67. The van der Waals surface area contributed by atoms with E-state index in [1.165, 1.54) is 4.68 Å². The van der Waals surface area contributed by atoms with Crippen molar-refractivity contribution in [2.24, 2.45) is 11.7 Å². The average molecular weight is 286 g/mol. The minimum absolute atomic E-state index is 0.122. The molecule has 1 heterocycles. The van der Waals surface area contributed by atoms with Crippen LogP contribution in [0.5, 0.6) is 0 Å². The Labute approximate surface area is 124 Å². The molecule has 2 aromatic rings. The molecular weight excluding hydrogens is 264 g/mol. The lowest BCUT2D eigenvalue weighted by molar-refractivity contribution is 0.464. The molecular formula is C16H22N4O. The maximum Gasteiger partial charge on any atom is 0.271 e. The van der Waals surface area contributed by atoms with Crippen LogP contribution in [0.15, 0.2) is 29.1 Å². The van der Waals surface area contributed by atoms with Crippen molar-refractivity contribution < 1.29 is 0 Å². The Balaban J connectivity index is 2.56. The molecule has 4 N–H and O–H groups in total. The van der Waals surface area contributed by atoms with Crippen molar-refractivity contribution in [3.8, 4) is 11.3 Å². The van der Waals surface area contributed by atoms with Crippen molar-refractivity contribution in [1.29, 1.82) is 0 Å². The molecule has 0 saturated heterocycles. The third-order valence-electron chi connectivity index (χ3n) is 3.44. The lowest BCUT2D eigenvalue weighted by Crippen LogP contribution is -2.28. The third kappa shape index (κ3) is 3.13. The number of nitrogens with two attached hydrogens (primary N) is 2. The molecule has 0 atom stereocenters. The quantitative estimate of drug-likeness (QED) is 0.899. The molecule has 0 amide bonds. The Morgan fingerprint density at radius 3 is 2.38 bits per heavy atom. The molecule has 0 unspecified atom stereocenters. The van der Waals surface area contributed by atoms with Crippen LogP contribution < -0.4 is 17.0 Å². The topological polar surface area (TPSA) is 86.9 Å². The number of benzene rings is 1. The number of rotatable bonds is 4. The van der Waals surface area contributed by atoms with E-state index >= 15 is 0 Å². The predicted octanol–water partition coefficient (Wildman–Crippen LogP) is 1.92. The van der Waals surface area contributed by atoms with Gasteiger partial charge in [0, 0.05) is 24.2 Å². The third-order valence-corrected chi connectivity index (χ3v) is 3.44. The van der Waals surface area contributed by atoms with Crippen molar-refractivity contribution in [2.45, 2.75) is 33.9 Å². The summed E-state index contributed by atoms with van der Waals surface area (Å²) in [5, 5.41) is 4.45. The molecule has 0 radical (unpaired) electrons. The van der Waals surface area contributed by atoms with E-state index in [1.54, 1.807) is 6.92 Å². The van der Waals surface area contributed by atoms with Gasteiger partial charge in [0.05, 0.1) is 5.69 Å². The zero-order valence-corrected chi connectivity index (χ0v) is 12.8. The van der Waals surface area contributed by atoms with E-state index in [1.807, 2.05) is 24.3 Å². The molecule has 0 spiro atoms. The van der Waals surface area contributed by atoms with E-state index in [0.29, 0.717) is 36.0 Å². The predicted molar refractivity (Wildman–Crippen MR) is 85.8 cm³/mol. The Kier molecular flexibility index (Phi) is 4.43. The molecule has 0 aliphatic carbocycles. The summed E-state index contributed by atoms with van der Waals surface area (Å²) < 4.78 is 1.50. The van der Waals surface area contributed by atoms with E-state index in [2.05, 4.69) is 18.9 Å². The molecule has 1 aromatic heterocycles. The highest BCUT2D eigenvalue weighted by Crippen LogP contribution is 2.24. The summed E-state index contributed by atoms with van der Waals surface area (Å²) in [7, 11) is 0. The first kappa shape index (κ1) is 15.3. The molecule has 0 saturated carbocycles. The highest BCUT2D eigenvalue weighted by Gasteiger charge is 2.14. The summed E-state index contributed by atoms with van der Waals surface area (Å²) in [4.78, 5) is 12.2. The molecule has 5 nitrogen and oxygen atoms in total. The van der Waals surface area contributed by atoms with Crippen molar-refractivity contribution in [2.75, 3.05) is 5.73 Å². The molecule has 0 aliphatic rings. The summed E-state index contributed by atoms with van der Waals surface area (Å²) in [5.41, 5.74) is 15.1. The molecule has 1 aromatic carbocycles. The zero-order chi connectivity index (χ0) is 15.6. The van der Waals surface area contributed by atoms with Gasteiger partial charge in [-0.15, -0.1) is 0 Å². The van der Waals surface area contributed by atoms with Gasteiger partial charge >= 0.3 is 0 Å². The first-order valence-corrected chi connectivity index (χ1v) is 7.10. The molecule has 0 aliphatic heterocycles. The fourth-order valence-corrected chi connectivity index (χ4v) is 2.19. The van der Waals surface area contributed by atoms with Crippen molar-refractivity contribution in [1.82, 2.24) is 9.78 Å². The average Bonchev–Trinajstić information content (AvgIpc) is 2.47. The number of hydrogen-bond donors (Lipinski definition) is 2. The van der Waals surface area contributed by atoms with E-state index in [4.69, 9.17) is 11.5 Å². The van der Waals surface area contributed by atoms with Crippen molar-refractivity contribution in [3.05, 3.63) is 45.7 Å². The van der Waals surface area contributed by atoms with Crippen molar-refractivity contribution >= 4 is 5.69 Å². The monoisotopic (exact) mass is 286 g/mol. The zero-order valence-electron chi connectivity index (χ0n) is 12.8. The maximum absolute atomic E-state index is 12.2. The van der Waals surface area contributed by atoms with Gasteiger partial charge in [-0.3, -0.25) is 4.79 Å². The molecule has 0 fully saturated rings. The van der Waals surface area contributed by atoms with Crippen LogP contribution in [0.2, 0.25) is 0 Å². The fraction of sp³-hybridized carbons (Fsp3) is 0.375. The Bertz CT molecular complexity index is 687. The first-order chi connectivity index (χ1) is 9.93. The van der Waals surface area contributed by atoms with Crippen LogP contribution in [0.4, 0.5) is 5.69 Å². The smallest absolute Gasteiger partial charge is 0.271 e. The van der Waals surface area contributed by atoms with Gasteiger partial charge in [-0.25, -0.2) is 4.68 Å². The number of aromatic nitrogens is 2. The van der Waals surface area contributed by atoms with Gasteiger partial charge in [-0.2, -0.15) is 5.10 Å². The normalized spacial score (nSPS) is 11.1. The van der Waals surface area contributed by atoms with Crippen LogP contribution in [0.25, 0.3) is 11.3 Å². The van der Waals surface area contributed by atoms with Gasteiger partial charge in [0.15, 0.2) is 0 Å². The molecule has 5 heteroatoms. The summed E-state index contributed by atoms with van der Waals surface area (Å²) in [6, 6.07) is 7.77. The second kappa shape index (κ2) is 6.10. The van der Waals surface area contributed by atoms with Crippen LogP contribution in [0.1, 0.15) is 25.0 Å². The molecule has 0 bridgehead atoms. The van der Waals surface area contributed by atoms with E-state index in [0.717, 1.165) is 11.1 Å². The van der Waals surface area contributed by atoms with Gasteiger partial charge in [0.1, 0.15) is 5.69 Å². The maximum atomic E-state index is 12.2. The fourth-order valence-electron chi connectivity index (χ4n) is 2.19. The number of anilines is 1. The Morgan fingerprint density at radius 2 is 1.86 bits per heavy atom. The van der Waals surface area contributed by atoms with Crippen molar-refractivity contribution in [3.63, 3.8) is 0 Å². The Morgan fingerprint density at radius 1 is 1.24 bits per heavy atom. The number of hydrogen-bond acceptors (Lipinski definition) is 4. The van der Waals surface area contributed by atoms with E-state index in [9.17, 15) is 4.79 Å². The molecule has 2 rings (SSSR count). The van der Waals surface area contributed by atoms with Gasteiger partial charge in [-0.05, 0) is 18.4 Å². The van der Waals surface area contributed by atoms with Crippen LogP contribution in [-0.2, 0) is 13.1 Å². The highest BCUT2D eigenvalue weighted by molar-refractivity contribution is 5.74. The van der Waals surface area contributed by atoms with Gasteiger partial charge in [0.25, 0.3) is 5.56 Å².